The fourth-order valence-electron chi connectivity index (χ4n) is 4.38. The van der Waals surface area contributed by atoms with Crippen molar-refractivity contribution in [2.24, 2.45) is 7.05 Å². The number of carbonyl (C=O) groups excluding carboxylic acids is 3. The number of nitrogens with one attached hydrogen (secondary N) is 1. The molecule has 1 aromatic heterocycles. The summed E-state index contributed by atoms with van der Waals surface area (Å²) >= 11 is 5.83. The number of carbonyl (C=O) groups is 3. The zero-order chi connectivity index (χ0) is 22.6. The minimum Gasteiger partial charge on any atom is -0.322 e. The van der Waals surface area contributed by atoms with Gasteiger partial charge in [0, 0.05) is 36.7 Å². The Balaban J connectivity index is 1.50. The third-order valence-corrected chi connectivity index (χ3v) is 6.27. The molecule has 9 heteroatoms. The molecule has 3 heterocycles. The molecule has 2 aliphatic heterocycles. The molecule has 3 aromatic rings. The first-order valence-corrected chi connectivity index (χ1v) is 10.5. The minimum atomic E-state index is -0.665. The first-order valence-electron chi connectivity index (χ1n) is 10.1. The van der Waals surface area contributed by atoms with Crippen LogP contribution in [0.3, 0.4) is 0 Å². The van der Waals surface area contributed by atoms with Gasteiger partial charge in [-0.05, 0) is 41.8 Å². The molecule has 1 saturated heterocycles. The summed E-state index contributed by atoms with van der Waals surface area (Å²) in [6, 6.07) is 9.38. The van der Waals surface area contributed by atoms with Crippen molar-refractivity contribution in [2.75, 3.05) is 0 Å². The van der Waals surface area contributed by atoms with Gasteiger partial charge in [-0.2, -0.15) is 5.10 Å². The number of imide groups is 1. The highest BCUT2D eigenvalue weighted by molar-refractivity contribution is 6.30. The molecule has 1 atom stereocenters. The van der Waals surface area contributed by atoms with Gasteiger partial charge in [-0.15, -0.1) is 0 Å². The highest BCUT2D eigenvalue weighted by atomic mass is 35.5. The van der Waals surface area contributed by atoms with E-state index in [0.717, 1.165) is 16.7 Å². The zero-order valence-corrected chi connectivity index (χ0v) is 17.8. The van der Waals surface area contributed by atoms with Crippen molar-refractivity contribution in [1.29, 1.82) is 0 Å². The maximum absolute atomic E-state index is 14.1. The Hall–Kier alpha value is -3.52. The molecule has 0 spiro atoms. The van der Waals surface area contributed by atoms with Crippen LogP contribution < -0.4 is 5.32 Å². The molecule has 2 aromatic carbocycles. The first-order chi connectivity index (χ1) is 15.3. The molecular weight excluding hydrogens is 435 g/mol. The van der Waals surface area contributed by atoms with Gasteiger partial charge in [0.1, 0.15) is 11.9 Å². The zero-order valence-electron chi connectivity index (χ0n) is 17.1. The van der Waals surface area contributed by atoms with Crippen molar-refractivity contribution in [3.05, 3.63) is 64.6 Å². The molecule has 0 saturated carbocycles. The van der Waals surface area contributed by atoms with Crippen LogP contribution in [0, 0.1) is 5.82 Å². The molecule has 1 unspecified atom stereocenters. The van der Waals surface area contributed by atoms with Crippen LogP contribution in [-0.2, 0) is 23.2 Å². The SMILES string of the molecule is Cn1ncc(-c2ccc3c(c2)CN(C2CCC(=O)NC2=O)C3=O)c1-c1ccc(Cl)c(F)c1. The van der Waals surface area contributed by atoms with Crippen molar-refractivity contribution < 1.29 is 18.8 Å². The second-order valence-electron chi connectivity index (χ2n) is 7.93. The van der Waals surface area contributed by atoms with E-state index in [1.165, 1.54) is 17.0 Å². The Bertz CT molecular complexity index is 1300. The van der Waals surface area contributed by atoms with Gasteiger partial charge in [0.2, 0.25) is 11.8 Å². The van der Waals surface area contributed by atoms with Crippen LogP contribution in [-0.4, -0.2) is 38.4 Å². The molecule has 32 heavy (non-hydrogen) atoms. The van der Waals surface area contributed by atoms with Crippen LogP contribution in [0.4, 0.5) is 4.39 Å². The number of aryl methyl sites for hydroxylation is 1. The molecule has 0 aliphatic carbocycles. The molecular formula is C23H18ClFN4O3. The number of rotatable bonds is 3. The summed E-state index contributed by atoms with van der Waals surface area (Å²) < 4.78 is 15.7. The van der Waals surface area contributed by atoms with Crippen molar-refractivity contribution >= 4 is 29.3 Å². The Labute approximate surface area is 187 Å². The average Bonchev–Trinajstić information content (AvgIpc) is 3.30. The Morgan fingerprint density at radius 1 is 1.09 bits per heavy atom. The molecule has 0 bridgehead atoms. The van der Waals surface area contributed by atoms with Gasteiger partial charge in [-0.1, -0.05) is 23.7 Å². The normalized spacial score (nSPS) is 18.2. The number of nitrogens with zero attached hydrogens (tertiary/aromatic N) is 3. The van der Waals surface area contributed by atoms with E-state index in [4.69, 9.17) is 11.6 Å². The molecule has 1 fully saturated rings. The summed E-state index contributed by atoms with van der Waals surface area (Å²) in [5.41, 5.74) is 4.26. The second kappa shape index (κ2) is 7.56. The van der Waals surface area contributed by atoms with E-state index in [0.29, 0.717) is 23.2 Å². The second-order valence-corrected chi connectivity index (χ2v) is 8.34. The van der Waals surface area contributed by atoms with Crippen LogP contribution in [0.25, 0.3) is 22.4 Å². The Kier molecular flexibility index (Phi) is 4.82. The number of fused-ring (bicyclic) bond motifs is 1. The van der Waals surface area contributed by atoms with Crippen LogP contribution in [0.15, 0.2) is 42.6 Å². The summed E-state index contributed by atoms with van der Waals surface area (Å²) in [6.45, 7) is 0.277. The molecule has 3 amide bonds. The predicted octanol–water partition coefficient (Wildman–Crippen LogP) is 3.31. The summed E-state index contributed by atoms with van der Waals surface area (Å²) in [4.78, 5) is 38.1. The summed E-state index contributed by atoms with van der Waals surface area (Å²) in [7, 11) is 1.77. The Morgan fingerprint density at radius 3 is 2.62 bits per heavy atom. The van der Waals surface area contributed by atoms with E-state index in [1.54, 1.807) is 30.1 Å². The van der Waals surface area contributed by atoms with Crippen molar-refractivity contribution in [3.8, 4) is 22.4 Å². The topological polar surface area (TPSA) is 84.3 Å². The highest BCUT2D eigenvalue weighted by Gasteiger charge is 2.39. The quantitative estimate of drug-likeness (QED) is 0.618. The van der Waals surface area contributed by atoms with Gasteiger partial charge in [0.25, 0.3) is 5.91 Å². The number of aromatic nitrogens is 2. The maximum Gasteiger partial charge on any atom is 0.255 e. The molecule has 1 N–H and O–H groups in total. The predicted molar refractivity (Wildman–Crippen MR) is 115 cm³/mol. The van der Waals surface area contributed by atoms with Gasteiger partial charge < -0.3 is 4.90 Å². The summed E-state index contributed by atoms with van der Waals surface area (Å²) in [5.74, 6) is -1.51. The van der Waals surface area contributed by atoms with E-state index >= 15 is 0 Å². The lowest BCUT2D eigenvalue weighted by atomic mass is 9.98. The van der Waals surface area contributed by atoms with Gasteiger partial charge in [-0.3, -0.25) is 24.4 Å². The lowest BCUT2D eigenvalue weighted by molar-refractivity contribution is -0.136. The average molecular weight is 453 g/mol. The minimum absolute atomic E-state index is 0.0436. The molecule has 2 aliphatic rings. The number of halogens is 2. The number of hydrogen-bond donors (Lipinski definition) is 1. The fraction of sp³-hybridized carbons (Fsp3) is 0.217. The molecule has 7 nitrogen and oxygen atoms in total. The van der Waals surface area contributed by atoms with E-state index < -0.39 is 17.8 Å². The van der Waals surface area contributed by atoms with Crippen molar-refractivity contribution in [3.63, 3.8) is 0 Å². The third-order valence-electron chi connectivity index (χ3n) is 5.97. The standard InChI is InChI=1S/C23H18ClFN4O3/c1-28-21(13-3-5-17(24)18(25)9-13)16(10-26-28)12-2-4-15-14(8-12)11-29(23(15)32)19-6-7-20(30)27-22(19)31/h2-5,8-10,19H,6-7,11H2,1H3,(H,27,30,31). The van der Waals surface area contributed by atoms with Gasteiger partial charge in [-0.25, -0.2) is 4.39 Å². The van der Waals surface area contributed by atoms with Gasteiger partial charge in [0.05, 0.1) is 16.9 Å². The smallest absolute Gasteiger partial charge is 0.255 e. The maximum atomic E-state index is 14.1. The number of amides is 3. The number of benzene rings is 2. The van der Waals surface area contributed by atoms with Crippen LogP contribution in [0.1, 0.15) is 28.8 Å². The summed E-state index contributed by atoms with van der Waals surface area (Å²) in [6.07, 6.45) is 2.21. The number of piperidine rings is 1. The largest absolute Gasteiger partial charge is 0.322 e. The van der Waals surface area contributed by atoms with E-state index in [9.17, 15) is 18.8 Å². The van der Waals surface area contributed by atoms with Gasteiger partial charge >= 0.3 is 0 Å². The monoisotopic (exact) mass is 452 g/mol. The lowest BCUT2D eigenvalue weighted by Crippen LogP contribution is -2.52. The van der Waals surface area contributed by atoms with Crippen molar-refractivity contribution in [2.45, 2.75) is 25.4 Å². The molecule has 162 valence electrons. The van der Waals surface area contributed by atoms with Crippen LogP contribution >= 0.6 is 11.6 Å². The van der Waals surface area contributed by atoms with Gasteiger partial charge in [0.15, 0.2) is 0 Å². The summed E-state index contributed by atoms with van der Waals surface area (Å²) in [5, 5.41) is 6.68. The highest BCUT2D eigenvalue weighted by Crippen LogP contribution is 2.36. The number of hydrogen-bond acceptors (Lipinski definition) is 4. The molecule has 5 rings (SSSR count). The Morgan fingerprint density at radius 2 is 1.88 bits per heavy atom. The lowest BCUT2D eigenvalue weighted by Gasteiger charge is -2.29. The van der Waals surface area contributed by atoms with E-state index in [2.05, 4.69) is 10.4 Å². The van der Waals surface area contributed by atoms with Crippen molar-refractivity contribution in [1.82, 2.24) is 20.0 Å². The fourth-order valence-corrected chi connectivity index (χ4v) is 4.49. The van der Waals surface area contributed by atoms with Crippen LogP contribution in [0.5, 0.6) is 0 Å². The van der Waals surface area contributed by atoms with E-state index in [-0.39, 0.29) is 29.8 Å². The first kappa shape index (κ1) is 20.4. The molecule has 0 radical (unpaired) electrons. The third kappa shape index (κ3) is 3.27. The van der Waals surface area contributed by atoms with E-state index in [1.807, 2.05) is 12.1 Å². The van der Waals surface area contributed by atoms with Crippen LogP contribution in [0.2, 0.25) is 5.02 Å².